The van der Waals surface area contributed by atoms with Gasteiger partial charge in [0.15, 0.2) is 11.4 Å². The van der Waals surface area contributed by atoms with Gasteiger partial charge in [-0.15, -0.1) is 0 Å². The summed E-state index contributed by atoms with van der Waals surface area (Å²) in [6, 6.07) is 7.81. The Balaban J connectivity index is 1.84. The summed E-state index contributed by atoms with van der Waals surface area (Å²) in [6.07, 6.45) is 6.60. The van der Waals surface area contributed by atoms with Crippen LogP contribution in [0.5, 0.6) is 0 Å². The van der Waals surface area contributed by atoms with Crippen LogP contribution in [0.1, 0.15) is 28.8 Å². The van der Waals surface area contributed by atoms with Crippen LogP contribution in [0.15, 0.2) is 43.0 Å². The second-order valence-electron chi connectivity index (χ2n) is 6.10. The van der Waals surface area contributed by atoms with E-state index in [-0.39, 0.29) is 11.7 Å². The third-order valence-corrected chi connectivity index (χ3v) is 5.52. The first-order valence-corrected chi connectivity index (χ1v) is 6.94. The second kappa shape index (κ2) is 2.75. The molecule has 2 heteroatoms. The summed E-state index contributed by atoms with van der Waals surface area (Å²) in [5.74, 6) is 0.729. The molecule has 0 aromatic heterocycles. The predicted molar refractivity (Wildman–Crippen MR) is 71.7 cm³/mol. The largest absolute Gasteiger partial charge is 0.347 e. The summed E-state index contributed by atoms with van der Waals surface area (Å²) < 4.78 is 6.20. The van der Waals surface area contributed by atoms with Gasteiger partial charge in [-0.2, -0.15) is 0 Å². The molecule has 2 bridgehead atoms. The van der Waals surface area contributed by atoms with Crippen molar-refractivity contribution in [3.63, 3.8) is 0 Å². The van der Waals surface area contributed by atoms with Crippen molar-refractivity contribution in [2.45, 2.75) is 24.0 Å². The van der Waals surface area contributed by atoms with Crippen molar-refractivity contribution in [1.82, 2.24) is 0 Å². The molecule has 2 nitrogen and oxygen atoms in total. The van der Waals surface area contributed by atoms with Gasteiger partial charge in [-0.05, 0) is 24.0 Å². The van der Waals surface area contributed by atoms with Crippen LogP contribution in [0.3, 0.4) is 0 Å². The number of epoxide rings is 1. The van der Waals surface area contributed by atoms with Gasteiger partial charge in [-0.3, -0.25) is 4.79 Å². The molecule has 5 aliphatic rings. The van der Waals surface area contributed by atoms with E-state index in [4.69, 9.17) is 4.74 Å². The predicted octanol–water partition coefficient (Wildman–Crippen LogP) is 3.00. The highest BCUT2D eigenvalue weighted by atomic mass is 16.6. The molecule has 19 heavy (non-hydrogen) atoms. The van der Waals surface area contributed by atoms with E-state index in [1.54, 1.807) is 0 Å². The van der Waals surface area contributed by atoms with Crippen LogP contribution in [0.25, 0.3) is 5.57 Å². The van der Waals surface area contributed by atoms with Gasteiger partial charge in [0.25, 0.3) is 0 Å². The standard InChI is InChI=1S/C17H14O2/c1-10-13-4-2-3-5-14(13)15(18)17-12-8-6-11(7-9-12)16(10,17)19-17/h2-6,8,11-12H,1,7,9H2/t11-,12-,16+,17-/m0/s1. The molecule has 4 aliphatic carbocycles. The first-order valence-electron chi connectivity index (χ1n) is 6.94. The van der Waals surface area contributed by atoms with Crippen LogP contribution >= 0.6 is 0 Å². The summed E-state index contributed by atoms with van der Waals surface area (Å²) in [4.78, 5) is 12.9. The molecule has 94 valence electrons. The molecule has 2 fully saturated rings. The number of fused-ring (bicyclic) bond motifs is 2. The number of ketones is 1. The van der Waals surface area contributed by atoms with Gasteiger partial charge in [0.2, 0.25) is 0 Å². The SMILES string of the molecule is C=C1c2ccccc2C(=O)[C@]23O[C@@]12[C@H]1C=C[C@H]3CC1. The van der Waals surface area contributed by atoms with Gasteiger partial charge in [-0.25, -0.2) is 0 Å². The zero-order valence-electron chi connectivity index (χ0n) is 10.6. The van der Waals surface area contributed by atoms with E-state index >= 15 is 0 Å². The monoisotopic (exact) mass is 250 g/mol. The van der Waals surface area contributed by atoms with Gasteiger partial charge in [0.1, 0.15) is 5.60 Å². The Morgan fingerprint density at radius 3 is 2.37 bits per heavy atom. The van der Waals surface area contributed by atoms with Crippen LogP contribution in [-0.2, 0) is 4.74 Å². The molecule has 1 saturated carbocycles. The van der Waals surface area contributed by atoms with Gasteiger partial charge in [0, 0.05) is 17.4 Å². The Labute approximate surface area is 111 Å². The Bertz CT molecular complexity index is 629. The molecule has 0 amide bonds. The van der Waals surface area contributed by atoms with Crippen molar-refractivity contribution in [2.75, 3.05) is 0 Å². The van der Waals surface area contributed by atoms with E-state index < -0.39 is 11.2 Å². The summed E-state index contributed by atoms with van der Waals surface area (Å²) in [7, 11) is 0. The zero-order chi connectivity index (χ0) is 12.8. The molecule has 1 aromatic carbocycles. The fourth-order valence-electron chi connectivity index (χ4n) is 4.67. The van der Waals surface area contributed by atoms with Gasteiger partial charge in [-0.1, -0.05) is 43.0 Å². The Kier molecular flexibility index (Phi) is 1.47. The molecule has 1 heterocycles. The average molecular weight is 250 g/mol. The molecule has 1 aliphatic heterocycles. The number of carbonyl (C=O) groups is 1. The Hall–Kier alpha value is -1.67. The molecular weight excluding hydrogens is 236 g/mol. The van der Waals surface area contributed by atoms with Gasteiger partial charge < -0.3 is 4.74 Å². The summed E-state index contributed by atoms with van der Waals surface area (Å²) >= 11 is 0. The van der Waals surface area contributed by atoms with E-state index in [9.17, 15) is 4.79 Å². The first kappa shape index (κ1) is 10.2. The lowest BCUT2D eigenvalue weighted by molar-refractivity contribution is 0.0809. The summed E-state index contributed by atoms with van der Waals surface area (Å²) in [6.45, 7) is 4.29. The molecular formula is C17H14O2. The van der Waals surface area contributed by atoms with Crippen molar-refractivity contribution < 1.29 is 9.53 Å². The number of rotatable bonds is 0. The topological polar surface area (TPSA) is 29.6 Å². The molecule has 0 unspecified atom stereocenters. The average Bonchev–Trinajstić information content (AvgIpc) is 3.22. The van der Waals surface area contributed by atoms with E-state index in [0.29, 0.717) is 5.92 Å². The fourth-order valence-corrected chi connectivity index (χ4v) is 4.67. The number of carbonyl (C=O) groups excluding carboxylic acids is 1. The quantitative estimate of drug-likeness (QED) is 0.523. The highest BCUT2D eigenvalue weighted by Crippen LogP contribution is 2.73. The summed E-state index contributed by atoms with van der Waals surface area (Å²) in [5.41, 5.74) is 1.76. The zero-order valence-corrected chi connectivity index (χ0v) is 10.6. The number of hydrogen-bond donors (Lipinski definition) is 0. The smallest absolute Gasteiger partial charge is 0.199 e. The van der Waals surface area contributed by atoms with E-state index in [0.717, 1.165) is 29.5 Å². The van der Waals surface area contributed by atoms with Crippen molar-refractivity contribution in [2.24, 2.45) is 11.8 Å². The molecule has 1 aromatic rings. The molecule has 0 radical (unpaired) electrons. The molecule has 4 atom stereocenters. The maximum Gasteiger partial charge on any atom is 0.199 e. The molecule has 1 saturated heterocycles. The Morgan fingerprint density at radius 1 is 1.05 bits per heavy atom. The van der Waals surface area contributed by atoms with Crippen molar-refractivity contribution >= 4 is 11.4 Å². The molecule has 6 rings (SSSR count). The lowest BCUT2D eigenvalue weighted by atomic mass is 9.55. The number of ether oxygens (including phenoxy) is 1. The second-order valence-corrected chi connectivity index (χ2v) is 6.10. The van der Waals surface area contributed by atoms with Crippen LogP contribution in [-0.4, -0.2) is 17.0 Å². The van der Waals surface area contributed by atoms with Crippen molar-refractivity contribution in [3.8, 4) is 0 Å². The Morgan fingerprint density at radius 2 is 1.68 bits per heavy atom. The fraction of sp³-hybridized carbons (Fsp3) is 0.353. The van der Waals surface area contributed by atoms with E-state index in [2.05, 4.69) is 18.7 Å². The minimum atomic E-state index is -0.615. The maximum atomic E-state index is 12.9. The van der Waals surface area contributed by atoms with Crippen LogP contribution in [0.2, 0.25) is 0 Å². The minimum absolute atomic E-state index is 0.176. The van der Waals surface area contributed by atoms with Gasteiger partial charge in [0.05, 0.1) is 0 Å². The number of benzene rings is 1. The minimum Gasteiger partial charge on any atom is -0.347 e. The van der Waals surface area contributed by atoms with Crippen LogP contribution in [0.4, 0.5) is 0 Å². The van der Waals surface area contributed by atoms with Crippen molar-refractivity contribution in [3.05, 3.63) is 54.1 Å². The third kappa shape index (κ3) is 0.810. The highest BCUT2D eigenvalue weighted by molar-refractivity contribution is 6.16. The molecule has 0 spiro atoms. The first-order chi connectivity index (χ1) is 9.22. The van der Waals surface area contributed by atoms with Gasteiger partial charge >= 0.3 is 0 Å². The normalized spacial score (nSPS) is 44.6. The lowest BCUT2D eigenvalue weighted by Gasteiger charge is -2.42. The summed E-state index contributed by atoms with van der Waals surface area (Å²) in [5, 5.41) is 0. The third-order valence-electron chi connectivity index (χ3n) is 5.52. The van der Waals surface area contributed by atoms with E-state index in [1.807, 2.05) is 24.3 Å². The molecule has 0 N–H and O–H groups in total. The van der Waals surface area contributed by atoms with Crippen LogP contribution < -0.4 is 0 Å². The number of Topliss-reactive ketones (excluding diaryl/α,β-unsaturated/α-hetero) is 1. The lowest BCUT2D eigenvalue weighted by Crippen LogP contribution is -2.52. The highest BCUT2D eigenvalue weighted by Gasteiger charge is 2.84. The van der Waals surface area contributed by atoms with E-state index in [1.165, 1.54) is 0 Å². The van der Waals surface area contributed by atoms with Crippen LogP contribution in [0, 0.1) is 11.8 Å². The maximum absolute atomic E-state index is 12.9. The number of hydrogen-bond acceptors (Lipinski definition) is 2. The van der Waals surface area contributed by atoms with Crippen molar-refractivity contribution in [1.29, 1.82) is 0 Å².